The number of para-hydroxylation sites is 2. The Balaban J connectivity index is 2.15. The van der Waals surface area contributed by atoms with E-state index in [0.717, 1.165) is 11.1 Å². The van der Waals surface area contributed by atoms with Crippen LogP contribution < -0.4 is 9.47 Å². The van der Waals surface area contributed by atoms with Crippen LogP contribution in [0.2, 0.25) is 0 Å². The van der Waals surface area contributed by atoms with Gasteiger partial charge < -0.3 is 9.47 Å². The van der Waals surface area contributed by atoms with Crippen LogP contribution in [0.4, 0.5) is 4.79 Å². The van der Waals surface area contributed by atoms with Crippen molar-refractivity contribution in [2.75, 3.05) is 0 Å². The monoisotopic (exact) mass is 338 g/mol. The van der Waals surface area contributed by atoms with E-state index in [-0.39, 0.29) is 10.8 Å². The summed E-state index contributed by atoms with van der Waals surface area (Å²) < 4.78 is 10.5. The van der Waals surface area contributed by atoms with Gasteiger partial charge in [0.2, 0.25) is 0 Å². The molecule has 2 rings (SSSR count). The van der Waals surface area contributed by atoms with Gasteiger partial charge in [0.1, 0.15) is 11.5 Å². The van der Waals surface area contributed by atoms with E-state index in [1.54, 1.807) is 50.2 Å². The highest BCUT2D eigenvalue weighted by Gasteiger charge is 2.16. The van der Waals surface area contributed by atoms with Crippen LogP contribution in [0.5, 0.6) is 11.5 Å². The van der Waals surface area contributed by atoms with Gasteiger partial charge >= 0.3 is 6.16 Å². The van der Waals surface area contributed by atoms with E-state index in [9.17, 15) is 4.79 Å². The highest BCUT2D eigenvalue weighted by atomic mass is 35.5. The lowest BCUT2D eigenvalue weighted by Crippen LogP contribution is -2.15. The average molecular weight is 339 g/mol. The summed E-state index contributed by atoms with van der Waals surface area (Å²) in [5, 5.41) is -0.557. The fraction of sp³-hybridized carbons (Fsp3) is 0.235. The minimum atomic E-state index is -0.825. The smallest absolute Gasteiger partial charge is 0.394 e. The molecule has 0 saturated heterocycles. The first-order valence-corrected chi connectivity index (χ1v) is 7.72. The van der Waals surface area contributed by atoms with Gasteiger partial charge in [0.15, 0.2) is 0 Å². The van der Waals surface area contributed by atoms with Crippen molar-refractivity contribution in [1.29, 1.82) is 0 Å². The van der Waals surface area contributed by atoms with Gasteiger partial charge in [-0.2, -0.15) is 0 Å². The average Bonchev–Trinajstić information content (AvgIpc) is 2.47. The molecule has 2 unspecified atom stereocenters. The molecule has 0 spiro atoms. The van der Waals surface area contributed by atoms with Crippen LogP contribution in [-0.4, -0.2) is 6.16 Å². The maximum atomic E-state index is 12.0. The molecule has 2 aromatic rings. The number of hydrogen-bond donors (Lipinski definition) is 0. The molecule has 2 atom stereocenters. The van der Waals surface area contributed by atoms with E-state index < -0.39 is 6.16 Å². The quantitative estimate of drug-likeness (QED) is 0.397. The lowest BCUT2D eigenvalue weighted by atomic mass is 10.1. The van der Waals surface area contributed by atoms with Crippen LogP contribution in [0, 0.1) is 0 Å². The first kappa shape index (κ1) is 16.7. The molecule has 0 N–H and O–H groups in total. The number of alkyl halides is 2. The van der Waals surface area contributed by atoms with Crippen LogP contribution in [-0.2, 0) is 0 Å². The van der Waals surface area contributed by atoms with Gasteiger partial charge in [0.05, 0.1) is 10.8 Å². The van der Waals surface area contributed by atoms with Gasteiger partial charge in [-0.3, -0.25) is 0 Å². The van der Waals surface area contributed by atoms with Crippen LogP contribution in [0.1, 0.15) is 35.7 Å². The molecule has 3 nitrogen and oxygen atoms in total. The molecular formula is C17H16Cl2O3. The molecule has 5 heteroatoms. The Morgan fingerprint density at radius 1 is 0.818 bits per heavy atom. The molecule has 0 bridgehead atoms. The zero-order chi connectivity index (χ0) is 16.1. The van der Waals surface area contributed by atoms with E-state index in [1.807, 2.05) is 12.1 Å². The fourth-order valence-electron chi connectivity index (χ4n) is 2.00. The summed E-state index contributed by atoms with van der Waals surface area (Å²) in [5.74, 6) is 0.762. The second-order valence-corrected chi connectivity index (χ2v) is 6.07. The minimum absolute atomic E-state index is 0.279. The molecule has 0 aliphatic rings. The van der Waals surface area contributed by atoms with Crippen LogP contribution >= 0.6 is 23.2 Å². The highest BCUT2D eigenvalue weighted by molar-refractivity contribution is 6.21. The number of rotatable bonds is 4. The topological polar surface area (TPSA) is 35.5 Å². The third-order valence-corrected chi connectivity index (χ3v) is 3.55. The molecule has 0 amide bonds. The summed E-state index contributed by atoms with van der Waals surface area (Å²) in [7, 11) is 0. The van der Waals surface area contributed by atoms with Crippen molar-refractivity contribution in [3.8, 4) is 11.5 Å². The molecule has 116 valence electrons. The van der Waals surface area contributed by atoms with Crippen molar-refractivity contribution < 1.29 is 14.3 Å². The van der Waals surface area contributed by atoms with Gasteiger partial charge in [-0.15, -0.1) is 23.2 Å². The Kier molecular flexibility index (Phi) is 5.69. The molecule has 0 saturated carbocycles. The van der Waals surface area contributed by atoms with E-state index in [0.29, 0.717) is 11.5 Å². The number of benzene rings is 2. The van der Waals surface area contributed by atoms with Crippen LogP contribution in [0.25, 0.3) is 0 Å². The summed E-state index contributed by atoms with van der Waals surface area (Å²) in [5.41, 5.74) is 1.44. The molecule has 0 aliphatic heterocycles. The van der Waals surface area contributed by atoms with Crippen molar-refractivity contribution in [1.82, 2.24) is 0 Å². The Hall–Kier alpha value is -1.71. The Bertz CT molecular complexity index is 598. The van der Waals surface area contributed by atoms with Gasteiger partial charge in [-0.1, -0.05) is 36.4 Å². The summed E-state index contributed by atoms with van der Waals surface area (Å²) >= 11 is 12.1. The summed E-state index contributed by atoms with van der Waals surface area (Å²) in [6.45, 7) is 3.61. The van der Waals surface area contributed by atoms with Crippen LogP contribution in [0.15, 0.2) is 48.5 Å². The van der Waals surface area contributed by atoms with E-state index in [1.165, 1.54) is 0 Å². The maximum Gasteiger partial charge on any atom is 0.519 e. The summed E-state index contributed by atoms with van der Waals surface area (Å²) in [4.78, 5) is 12.0. The lowest BCUT2D eigenvalue weighted by molar-refractivity contribution is 0.151. The van der Waals surface area contributed by atoms with Crippen molar-refractivity contribution in [2.24, 2.45) is 0 Å². The summed E-state index contributed by atoms with van der Waals surface area (Å²) in [6.07, 6.45) is -0.825. The Labute approximate surface area is 139 Å². The molecule has 0 radical (unpaired) electrons. The number of hydrogen-bond acceptors (Lipinski definition) is 3. The highest BCUT2D eigenvalue weighted by Crippen LogP contribution is 2.31. The molecule has 0 aliphatic carbocycles. The van der Waals surface area contributed by atoms with Gasteiger partial charge in [0.25, 0.3) is 0 Å². The largest absolute Gasteiger partial charge is 0.519 e. The predicted molar refractivity (Wildman–Crippen MR) is 88.1 cm³/mol. The van der Waals surface area contributed by atoms with E-state index in [4.69, 9.17) is 32.7 Å². The zero-order valence-electron chi connectivity index (χ0n) is 12.3. The number of carbonyl (C=O) groups is 1. The molecule has 2 aromatic carbocycles. The normalized spacial score (nSPS) is 13.3. The minimum Gasteiger partial charge on any atom is -0.394 e. The third-order valence-electron chi connectivity index (χ3n) is 3.08. The standard InChI is InChI=1S/C17H16Cl2O3/c1-11(18)13-7-3-5-9-15(13)21-17(20)22-16-10-6-4-8-14(16)12(2)19/h3-12H,1-2H3. The van der Waals surface area contributed by atoms with Gasteiger partial charge in [-0.05, 0) is 26.0 Å². The molecule has 0 heterocycles. The molecule has 22 heavy (non-hydrogen) atoms. The third kappa shape index (κ3) is 4.15. The number of carbonyl (C=O) groups excluding carboxylic acids is 1. The van der Waals surface area contributed by atoms with Crippen molar-refractivity contribution in [2.45, 2.75) is 24.6 Å². The molecule has 0 aromatic heterocycles. The molecular weight excluding hydrogens is 323 g/mol. The van der Waals surface area contributed by atoms with Crippen molar-refractivity contribution in [3.63, 3.8) is 0 Å². The van der Waals surface area contributed by atoms with Crippen LogP contribution in [0.3, 0.4) is 0 Å². The fourth-order valence-corrected chi connectivity index (χ4v) is 2.37. The van der Waals surface area contributed by atoms with Gasteiger partial charge in [0, 0.05) is 11.1 Å². The Morgan fingerprint density at radius 2 is 1.18 bits per heavy atom. The van der Waals surface area contributed by atoms with Crippen molar-refractivity contribution in [3.05, 3.63) is 59.7 Å². The zero-order valence-corrected chi connectivity index (χ0v) is 13.8. The first-order chi connectivity index (χ1) is 10.5. The second-order valence-electron chi connectivity index (χ2n) is 4.76. The number of ether oxygens (including phenoxy) is 2. The second kappa shape index (κ2) is 7.52. The predicted octanol–water partition coefficient (Wildman–Crippen LogP) is 5.86. The first-order valence-electron chi connectivity index (χ1n) is 6.84. The van der Waals surface area contributed by atoms with Crippen molar-refractivity contribution >= 4 is 29.4 Å². The number of halogens is 2. The van der Waals surface area contributed by atoms with E-state index >= 15 is 0 Å². The SMILES string of the molecule is CC(Cl)c1ccccc1OC(=O)Oc1ccccc1C(C)Cl. The lowest BCUT2D eigenvalue weighted by Gasteiger charge is -2.13. The maximum absolute atomic E-state index is 12.0. The summed E-state index contributed by atoms with van der Waals surface area (Å²) in [6, 6.07) is 14.1. The Morgan fingerprint density at radius 3 is 1.55 bits per heavy atom. The molecule has 0 fully saturated rings. The van der Waals surface area contributed by atoms with Gasteiger partial charge in [-0.25, -0.2) is 4.79 Å². The van der Waals surface area contributed by atoms with E-state index in [2.05, 4.69) is 0 Å².